The topological polar surface area (TPSA) is 55.1 Å². The van der Waals surface area contributed by atoms with Crippen LogP contribution in [0.4, 0.5) is 15.8 Å². The number of aryl methyl sites for hydroxylation is 1. The highest BCUT2D eigenvalue weighted by molar-refractivity contribution is 9.10. The maximum Gasteiger partial charge on any atom is 0.257 e. The van der Waals surface area contributed by atoms with Gasteiger partial charge in [-0.2, -0.15) is 0 Å². The lowest BCUT2D eigenvalue weighted by atomic mass is 10.1. The number of nitrogens with two attached hydrogens (primary N) is 1. The Morgan fingerprint density at radius 3 is 2.68 bits per heavy atom. The summed E-state index contributed by atoms with van der Waals surface area (Å²) >= 11 is 3.07. The number of anilines is 2. The van der Waals surface area contributed by atoms with Gasteiger partial charge in [0.25, 0.3) is 5.91 Å². The zero-order valence-corrected chi connectivity index (χ0v) is 11.8. The van der Waals surface area contributed by atoms with E-state index < -0.39 is 0 Å². The monoisotopic (exact) mass is 322 g/mol. The van der Waals surface area contributed by atoms with Crippen LogP contribution < -0.4 is 11.1 Å². The van der Waals surface area contributed by atoms with Crippen molar-refractivity contribution in [2.75, 3.05) is 11.1 Å². The summed E-state index contributed by atoms with van der Waals surface area (Å²) in [7, 11) is 0. The summed E-state index contributed by atoms with van der Waals surface area (Å²) in [5, 5.41) is 2.68. The van der Waals surface area contributed by atoms with Gasteiger partial charge in [0, 0.05) is 11.4 Å². The van der Waals surface area contributed by atoms with Crippen molar-refractivity contribution in [3.63, 3.8) is 0 Å². The highest BCUT2D eigenvalue weighted by atomic mass is 79.9. The third-order valence-corrected chi connectivity index (χ3v) is 3.24. The summed E-state index contributed by atoms with van der Waals surface area (Å²) in [6.45, 7) is 1.88. The van der Waals surface area contributed by atoms with Crippen molar-refractivity contribution in [3.8, 4) is 0 Å². The van der Waals surface area contributed by atoms with E-state index in [2.05, 4.69) is 21.2 Å². The van der Waals surface area contributed by atoms with E-state index in [1.54, 1.807) is 12.1 Å². The van der Waals surface area contributed by atoms with E-state index in [9.17, 15) is 9.18 Å². The number of nitrogen functional groups attached to an aromatic ring is 1. The molecule has 0 saturated heterocycles. The van der Waals surface area contributed by atoms with Crippen LogP contribution in [0, 0.1) is 12.7 Å². The number of hydrogen-bond acceptors (Lipinski definition) is 2. The van der Waals surface area contributed by atoms with Gasteiger partial charge in [-0.15, -0.1) is 0 Å². The highest BCUT2D eigenvalue weighted by Gasteiger charge is 2.11. The van der Waals surface area contributed by atoms with Gasteiger partial charge in [0.1, 0.15) is 5.82 Å². The Morgan fingerprint density at radius 2 is 2.00 bits per heavy atom. The predicted molar refractivity (Wildman–Crippen MR) is 77.6 cm³/mol. The summed E-state index contributed by atoms with van der Waals surface area (Å²) in [4.78, 5) is 12.1. The minimum absolute atomic E-state index is 0.294. The Balaban J connectivity index is 2.25. The average molecular weight is 323 g/mol. The molecule has 2 rings (SSSR count). The van der Waals surface area contributed by atoms with Gasteiger partial charge in [0.05, 0.1) is 10.0 Å². The summed E-state index contributed by atoms with van der Waals surface area (Å²) in [6, 6.07) is 9.50. The maximum absolute atomic E-state index is 13.1. The van der Waals surface area contributed by atoms with Gasteiger partial charge in [-0.25, -0.2) is 4.39 Å². The zero-order chi connectivity index (χ0) is 14.0. The van der Waals surface area contributed by atoms with E-state index in [4.69, 9.17) is 5.73 Å². The summed E-state index contributed by atoms with van der Waals surface area (Å²) in [5.74, 6) is -0.701. The molecule has 0 spiro atoms. The van der Waals surface area contributed by atoms with Crippen LogP contribution in [0.5, 0.6) is 0 Å². The summed E-state index contributed by atoms with van der Waals surface area (Å²) < 4.78 is 13.4. The number of carbonyl (C=O) groups excluding carboxylic acids is 1. The van der Waals surface area contributed by atoms with Gasteiger partial charge in [0.2, 0.25) is 0 Å². The molecule has 1 amide bonds. The molecule has 0 aliphatic carbocycles. The van der Waals surface area contributed by atoms with Gasteiger partial charge in [-0.05, 0) is 53.2 Å². The van der Waals surface area contributed by atoms with E-state index in [1.807, 2.05) is 13.0 Å². The molecule has 0 aliphatic rings. The van der Waals surface area contributed by atoms with Crippen LogP contribution in [0.15, 0.2) is 40.9 Å². The fourth-order valence-electron chi connectivity index (χ4n) is 1.64. The van der Waals surface area contributed by atoms with Crippen molar-refractivity contribution in [1.29, 1.82) is 0 Å². The molecule has 2 aromatic carbocycles. The van der Waals surface area contributed by atoms with Crippen molar-refractivity contribution in [2.24, 2.45) is 0 Å². The molecule has 3 N–H and O–H groups in total. The quantitative estimate of drug-likeness (QED) is 0.828. The first-order chi connectivity index (χ1) is 8.97. The number of hydrogen-bond donors (Lipinski definition) is 2. The van der Waals surface area contributed by atoms with Gasteiger partial charge in [0.15, 0.2) is 0 Å². The maximum atomic E-state index is 13.1. The third kappa shape index (κ3) is 3.12. The van der Waals surface area contributed by atoms with Crippen LogP contribution in [-0.4, -0.2) is 5.91 Å². The summed E-state index contributed by atoms with van der Waals surface area (Å²) in [5.41, 5.74) is 8.02. The minimum atomic E-state index is -0.381. The first kappa shape index (κ1) is 13.5. The van der Waals surface area contributed by atoms with Gasteiger partial charge < -0.3 is 11.1 Å². The van der Waals surface area contributed by atoms with E-state index >= 15 is 0 Å². The molecule has 0 atom stereocenters. The van der Waals surface area contributed by atoms with Crippen LogP contribution in [0.1, 0.15) is 15.9 Å². The number of rotatable bonds is 2. The average Bonchev–Trinajstić information content (AvgIpc) is 2.36. The van der Waals surface area contributed by atoms with Crippen molar-refractivity contribution < 1.29 is 9.18 Å². The van der Waals surface area contributed by atoms with Gasteiger partial charge in [-0.3, -0.25) is 4.79 Å². The first-order valence-corrected chi connectivity index (χ1v) is 6.39. The van der Waals surface area contributed by atoms with E-state index in [0.717, 1.165) is 5.56 Å². The molecule has 0 aromatic heterocycles. The predicted octanol–water partition coefficient (Wildman–Crippen LogP) is 3.73. The Hall–Kier alpha value is -1.88. The molecule has 0 unspecified atom stereocenters. The van der Waals surface area contributed by atoms with Crippen molar-refractivity contribution in [2.45, 2.75) is 6.92 Å². The lowest BCUT2D eigenvalue weighted by Crippen LogP contribution is -2.14. The van der Waals surface area contributed by atoms with Crippen LogP contribution in [-0.2, 0) is 0 Å². The fraction of sp³-hybridized carbons (Fsp3) is 0.0714. The first-order valence-electron chi connectivity index (χ1n) is 5.60. The second-order valence-electron chi connectivity index (χ2n) is 4.17. The molecule has 5 heteroatoms. The van der Waals surface area contributed by atoms with Crippen molar-refractivity contribution in [3.05, 3.63) is 57.8 Å². The molecule has 3 nitrogen and oxygen atoms in total. The molecular weight excluding hydrogens is 311 g/mol. The van der Waals surface area contributed by atoms with Crippen LogP contribution in [0.3, 0.4) is 0 Å². The minimum Gasteiger partial charge on any atom is -0.398 e. The van der Waals surface area contributed by atoms with Crippen LogP contribution in [0.25, 0.3) is 0 Å². The number of nitrogens with one attached hydrogen (secondary N) is 1. The third-order valence-electron chi connectivity index (χ3n) is 2.63. The molecule has 0 radical (unpaired) electrons. The molecule has 98 valence electrons. The van der Waals surface area contributed by atoms with Crippen LogP contribution >= 0.6 is 15.9 Å². The summed E-state index contributed by atoms with van der Waals surface area (Å²) in [6.07, 6.45) is 0. The normalized spacial score (nSPS) is 10.3. The van der Waals surface area contributed by atoms with Crippen molar-refractivity contribution >= 4 is 33.2 Å². The fourth-order valence-corrected chi connectivity index (χ4v) is 2.02. The standard InChI is InChI=1S/C14H12BrFN2O/c1-8-2-5-13(17)10(6-8)14(19)18-9-3-4-12(16)11(15)7-9/h2-7H,17H2,1H3,(H,18,19). The molecule has 0 bridgehead atoms. The Bertz CT molecular complexity index is 643. The molecule has 0 fully saturated rings. The van der Waals surface area contributed by atoms with Gasteiger partial charge in [-0.1, -0.05) is 11.6 Å². The second-order valence-corrected chi connectivity index (χ2v) is 5.03. The van der Waals surface area contributed by atoms with Gasteiger partial charge >= 0.3 is 0 Å². The highest BCUT2D eigenvalue weighted by Crippen LogP contribution is 2.21. The molecule has 0 saturated carbocycles. The smallest absolute Gasteiger partial charge is 0.257 e. The van der Waals surface area contributed by atoms with Crippen LogP contribution in [0.2, 0.25) is 0 Å². The lowest BCUT2D eigenvalue weighted by Gasteiger charge is -2.09. The second kappa shape index (κ2) is 5.40. The molecule has 0 heterocycles. The molecular formula is C14H12BrFN2O. The number of amides is 1. The number of halogens is 2. The number of benzene rings is 2. The Labute approximate surface area is 118 Å². The van der Waals surface area contributed by atoms with Crippen molar-refractivity contribution in [1.82, 2.24) is 0 Å². The van der Waals surface area contributed by atoms with E-state index in [0.29, 0.717) is 21.4 Å². The Kier molecular flexibility index (Phi) is 3.85. The molecule has 19 heavy (non-hydrogen) atoms. The lowest BCUT2D eigenvalue weighted by molar-refractivity contribution is 0.102. The number of carbonyl (C=O) groups is 1. The molecule has 2 aromatic rings. The SMILES string of the molecule is Cc1ccc(N)c(C(=O)Nc2ccc(F)c(Br)c2)c1. The Morgan fingerprint density at radius 1 is 1.26 bits per heavy atom. The largest absolute Gasteiger partial charge is 0.398 e. The van der Waals surface area contributed by atoms with E-state index in [1.165, 1.54) is 18.2 Å². The molecule has 0 aliphatic heterocycles. The zero-order valence-electron chi connectivity index (χ0n) is 10.2. The van der Waals surface area contributed by atoms with E-state index in [-0.39, 0.29) is 11.7 Å².